The molecule has 3 rings (SSSR count). The molecular weight excluding hydrogens is 342 g/mol. The summed E-state index contributed by atoms with van der Waals surface area (Å²) in [6.07, 6.45) is 4.52. The van der Waals surface area contributed by atoms with Gasteiger partial charge in [-0.05, 0) is 57.2 Å². The molecular formula is C21H31N3OS. The van der Waals surface area contributed by atoms with E-state index in [0.29, 0.717) is 18.4 Å². The van der Waals surface area contributed by atoms with Gasteiger partial charge in [-0.25, -0.2) is 4.98 Å². The van der Waals surface area contributed by atoms with Gasteiger partial charge in [-0.15, -0.1) is 11.3 Å². The molecule has 2 aromatic rings. The second-order valence-corrected chi connectivity index (χ2v) is 9.10. The predicted octanol–water partition coefficient (Wildman–Crippen LogP) is 4.42. The van der Waals surface area contributed by atoms with Crippen molar-refractivity contribution in [3.8, 4) is 0 Å². The number of rotatable bonds is 7. The maximum Gasteiger partial charge on any atom is 0.234 e. The molecule has 2 heterocycles. The Labute approximate surface area is 161 Å². The third-order valence-electron chi connectivity index (χ3n) is 5.12. The normalized spacial score (nSPS) is 19.8. The van der Waals surface area contributed by atoms with Crippen LogP contribution in [0.5, 0.6) is 0 Å². The number of likely N-dealkylation sites (tertiary alicyclic amines) is 1. The zero-order valence-electron chi connectivity index (χ0n) is 16.2. The van der Waals surface area contributed by atoms with E-state index in [1.807, 2.05) is 6.07 Å². The molecule has 0 saturated carbocycles. The number of nitrogens with zero attached hydrogens (tertiary/aromatic N) is 2. The fourth-order valence-corrected chi connectivity index (χ4v) is 4.74. The van der Waals surface area contributed by atoms with Crippen LogP contribution in [0.15, 0.2) is 24.3 Å². The largest absolute Gasteiger partial charge is 0.353 e. The lowest BCUT2D eigenvalue weighted by Crippen LogP contribution is -2.44. The van der Waals surface area contributed by atoms with Gasteiger partial charge in [0.05, 0.1) is 21.8 Å². The Morgan fingerprint density at radius 1 is 1.31 bits per heavy atom. The fourth-order valence-electron chi connectivity index (χ4n) is 3.64. The van der Waals surface area contributed by atoms with E-state index in [9.17, 15) is 4.79 Å². The smallest absolute Gasteiger partial charge is 0.234 e. The maximum atomic E-state index is 12.4. The number of piperidine rings is 1. The average Bonchev–Trinajstić information content (AvgIpc) is 3.04. The first-order valence-electron chi connectivity index (χ1n) is 9.88. The molecule has 142 valence electrons. The average molecular weight is 374 g/mol. The summed E-state index contributed by atoms with van der Waals surface area (Å²) in [5.74, 6) is 1.30. The molecule has 26 heavy (non-hydrogen) atoms. The van der Waals surface area contributed by atoms with Crippen LogP contribution >= 0.6 is 11.3 Å². The monoisotopic (exact) mass is 373 g/mol. The van der Waals surface area contributed by atoms with E-state index in [-0.39, 0.29) is 11.9 Å². The number of thiazole rings is 1. The summed E-state index contributed by atoms with van der Waals surface area (Å²) in [7, 11) is 0. The number of benzene rings is 1. The number of fused-ring (bicyclic) bond motifs is 1. The van der Waals surface area contributed by atoms with Gasteiger partial charge in [0.1, 0.15) is 0 Å². The van der Waals surface area contributed by atoms with Crippen LogP contribution in [0.25, 0.3) is 10.2 Å². The highest BCUT2D eigenvalue weighted by Crippen LogP contribution is 2.32. The number of hydrogen-bond donors (Lipinski definition) is 1. The van der Waals surface area contributed by atoms with Crippen molar-refractivity contribution in [2.75, 3.05) is 19.6 Å². The summed E-state index contributed by atoms with van der Waals surface area (Å²) in [6, 6.07) is 8.60. The highest BCUT2D eigenvalue weighted by molar-refractivity contribution is 7.18. The molecule has 0 radical (unpaired) electrons. The van der Waals surface area contributed by atoms with E-state index < -0.39 is 0 Å². The first-order chi connectivity index (χ1) is 12.5. The van der Waals surface area contributed by atoms with Crippen LogP contribution in [-0.2, 0) is 4.79 Å². The van der Waals surface area contributed by atoms with Crippen LogP contribution < -0.4 is 5.32 Å². The highest BCUT2D eigenvalue weighted by Gasteiger charge is 2.25. The van der Waals surface area contributed by atoms with E-state index in [4.69, 9.17) is 4.98 Å². The van der Waals surface area contributed by atoms with E-state index >= 15 is 0 Å². The van der Waals surface area contributed by atoms with Gasteiger partial charge >= 0.3 is 0 Å². The molecule has 1 fully saturated rings. The maximum absolute atomic E-state index is 12.4. The van der Waals surface area contributed by atoms with E-state index in [1.54, 1.807) is 11.3 Å². The van der Waals surface area contributed by atoms with Crippen molar-refractivity contribution in [2.45, 2.75) is 58.4 Å². The fraction of sp³-hybridized carbons (Fsp3) is 0.619. The molecule has 1 aromatic heterocycles. The molecule has 0 aliphatic carbocycles. The Morgan fingerprint density at radius 3 is 2.88 bits per heavy atom. The molecule has 1 saturated heterocycles. The molecule has 0 unspecified atom stereocenters. The first-order valence-corrected chi connectivity index (χ1v) is 10.7. The number of hydrogen-bond acceptors (Lipinski definition) is 4. The van der Waals surface area contributed by atoms with Crippen LogP contribution in [-0.4, -0.2) is 41.5 Å². The minimum absolute atomic E-state index is 0.159. The van der Waals surface area contributed by atoms with Gasteiger partial charge in [-0.2, -0.15) is 0 Å². The number of para-hydroxylation sites is 1. The lowest BCUT2D eigenvalue weighted by molar-refractivity contribution is -0.123. The lowest BCUT2D eigenvalue weighted by Gasteiger charge is -2.31. The topological polar surface area (TPSA) is 45.2 Å². The second kappa shape index (κ2) is 8.96. The van der Waals surface area contributed by atoms with Gasteiger partial charge in [0, 0.05) is 18.5 Å². The standard InChI is InChI=1S/C21H31N3OS/c1-15(2)10-11-16(3)22-20(25)14-24-12-6-7-17(13-24)21-23-18-8-4-5-9-19(18)26-21/h4-5,8-9,15-17H,6-7,10-14H2,1-3H3,(H,22,25)/t16-,17-/m0/s1. The van der Waals surface area contributed by atoms with Crippen LogP contribution in [0.1, 0.15) is 57.4 Å². The zero-order valence-corrected chi connectivity index (χ0v) is 17.0. The number of amides is 1. The minimum atomic E-state index is 0.159. The molecule has 1 aromatic carbocycles. The molecule has 1 amide bonds. The number of aromatic nitrogens is 1. The summed E-state index contributed by atoms with van der Waals surface area (Å²) in [6.45, 7) is 9.02. The molecule has 4 nitrogen and oxygen atoms in total. The third-order valence-corrected chi connectivity index (χ3v) is 6.32. The van der Waals surface area contributed by atoms with E-state index in [1.165, 1.54) is 16.1 Å². The van der Waals surface area contributed by atoms with Gasteiger partial charge < -0.3 is 5.32 Å². The summed E-state index contributed by atoms with van der Waals surface area (Å²) in [4.78, 5) is 19.5. The summed E-state index contributed by atoms with van der Waals surface area (Å²) in [5.41, 5.74) is 1.10. The van der Waals surface area contributed by atoms with Crippen molar-refractivity contribution in [1.82, 2.24) is 15.2 Å². The molecule has 1 aliphatic rings. The molecule has 1 N–H and O–H groups in total. The van der Waals surface area contributed by atoms with Crippen LogP contribution in [0.3, 0.4) is 0 Å². The summed E-state index contributed by atoms with van der Waals surface area (Å²) >= 11 is 1.81. The Hall–Kier alpha value is -1.46. The SMILES string of the molecule is CC(C)CC[C@H](C)NC(=O)CN1CCC[C@H](c2nc3ccccc3s2)C1. The van der Waals surface area contributed by atoms with Crippen LogP contribution in [0.2, 0.25) is 0 Å². The quantitative estimate of drug-likeness (QED) is 0.781. The summed E-state index contributed by atoms with van der Waals surface area (Å²) < 4.78 is 1.26. The van der Waals surface area contributed by atoms with E-state index in [0.717, 1.165) is 37.9 Å². The van der Waals surface area contributed by atoms with Crippen molar-refractivity contribution >= 4 is 27.5 Å². The molecule has 5 heteroatoms. The molecule has 2 atom stereocenters. The minimum Gasteiger partial charge on any atom is -0.353 e. The van der Waals surface area contributed by atoms with Gasteiger partial charge in [0.25, 0.3) is 0 Å². The number of carbonyl (C=O) groups is 1. The second-order valence-electron chi connectivity index (χ2n) is 8.03. The molecule has 0 spiro atoms. The first kappa shape index (κ1) is 19.3. The van der Waals surface area contributed by atoms with Crippen LogP contribution in [0, 0.1) is 5.92 Å². The van der Waals surface area contributed by atoms with Gasteiger partial charge in [-0.1, -0.05) is 26.0 Å². The van der Waals surface area contributed by atoms with Gasteiger partial charge in [-0.3, -0.25) is 9.69 Å². The van der Waals surface area contributed by atoms with Crippen molar-refractivity contribution in [3.63, 3.8) is 0 Å². The van der Waals surface area contributed by atoms with E-state index in [2.05, 4.69) is 49.2 Å². The third kappa shape index (κ3) is 5.27. The Kier molecular flexibility index (Phi) is 6.65. The zero-order chi connectivity index (χ0) is 18.5. The number of nitrogens with one attached hydrogen (secondary N) is 1. The predicted molar refractivity (Wildman–Crippen MR) is 110 cm³/mol. The highest BCUT2D eigenvalue weighted by atomic mass is 32.1. The Balaban J connectivity index is 1.52. The Bertz CT molecular complexity index is 694. The van der Waals surface area contributed by atoms with Crippen molar-refractivity contribution < 1.29 is 4.79 Å². The molecule has 1 aliphatic heterocycles. The molecule has 0 bridgehead atoms. The van der Waals surface area contributed by atoms with Crippen LogP contribution in [0.4, 0.5) is 0 Å². The van der Waals surface area contributed by atoms with Crippen molar-refractivity contribution in [2.24, 2.45) is 5.92 Å². The van der Waals surface area contributed by atoms with Gasteiger partial charge in [0.15, 0.2) is 0 Å². The van der Waals surface area contributed by atoms with Crippen molar-refractivity contribution in [3.05, 3.63) is 29.3 Å². The Morgan fingerprint density at radius 2 is 2.12 bits per heavy atom. The summed E-state index contributed by atoms with van der Waals surface area (Å²) in [5, 5.41) is 4.39. The number of carbonyl (C=O) groups excluding carboxylic acids is 1. The van der Waals surface area contributed by atoms with Crippen molar-refractivity contribution in [1.29, 1.82) is 0 Å². The lowest BCUT2D eigenvalue weighted by atomic mass is 9.98. The van der Waals surface area contributed by atoms with Gasteiger partial charge in [0.2, 0.25) is 5.91 Å².